The molecule has 1 aliphatic rings. The zero-order valence-electron chi connectivity index (χ0n) is 16.0. The number of aryl methyl sites for hydroxylation is 1. The minimum Gasteiger partial charge on any atom is -0.378 e. The number of pyridine rings is 1. The average molecular weight is 414 g/mol. The number of amides is 1. The molecule has 8 nitrogen and oxygen atoms in total. The summed E-state index contributed by atoms with van der Waals surface area (Å²) in [6, 6.07) is 7.80. The second-order valence-corrected chi connectivity index (χ2v) is 7.65. The van der Waals surface area contributed by atoms with Crippen molar-refractivity contribution in [1.82, 2.24) is 20.4 Å². The van der Waals surface area contributed by atoms with Gasteiger partial charge in [0.25, 0.3) is 0 Å². The summed E-state index contributed by atoms with van der Waals surface area (Å²) >= 11 is 1.57. The molecule has 1 saturated heterocycles. The molecule has 3 aromatic heterocycles. The van der Waals surface area contributed by atoms with E-state index in [9.17, 15) is 4.79 Å². The monoisotopic (exact) mass is 413 g/mol. The molecule has 3 aromatic rings. The number of anilines is 1. The van der Waals surface area contributed by atoms with Crippen molar-refractivity contribution < 1.29 is 14.1 Å². The zero-order chi connectivity index (χ0) is 19.9. The summed E-state index contributed by atoms with van der Waals surface area (Å²) < 4.78 is 10.7. The second kappa shape index (κ2) is 9.62. The highest BCUT2D eigenvalue weighted by atomic mass is 32.1. The minimum absolute atomic E-state index is 0.000207. The number of carbonyl (C=O) groups is 1. The quantitative estimate of drug-likeness (QED) is 0.607. The van der Waals surface area contributed by atoms with Crippen molar-refractivity contribution in [3.63, 3.8) is 0 Å². The third-order valence-electron chi connectivity index (χ3n) is 4.66. The molecule has 1 amide bonds. The van der Waals surface area contributed by atoms with Gasteiger partial charge in [-0.25, -0.2) is 4.98 Å². The summed E-state index contributed by atoms with van der Waals surface area (Å²) in [5, 5.41) is 8.95. The summed E-state index contributed by atoms with van der Waals surface area (Å²) in [5.41, 5.74) is 1.01. The van der Waals surface area contributed by atoms with Gasteiger partial charge in [-0.2, -0.15) is 4.98 Å². The molecule has 0 atom stereocenters. The fraction of sp³-hybridized carbons (Fsp3) is 0.400. The lowest BCUT2D eigenvalue weighted by atomic mass is 10.2. The summed E-state index contributed by atoms with van der Waals surface area (Å²) in [6.07, 6.45) is 3.42. The first-order chi connectivity index (χ1) is 14.3. The van der Waals surface area contributed by atoms with Gasteiger partial charge in [0.1, 0.15) is 5.82 Å². The highest BCUT2D eigenvalue weighted by molar-refractivity contribution is 7.13. The molecule has 1 aliphatic heterocycles. The van der Waals surface area contributed by atoms with E-state index in [1.54, 1.807) is 17.5 Å². The average Bonchev–Trinajstić information content (AvgIpc) is 3.45. The van der Waals surface area contributed by atoms with Crippen LogP contribution in [0.15, 0.2) is 40.4 Å². The van der Waals surface area contributed by atoms with E-state index in [0.29, 0.717) is 50.7 Å². The van der Waals surface area contributed by atoms with Crippen LogP contribution >= 0.6 is 11.3 Å². The Labute approximate surface area is 172 Å². The summed E-state index contributed by atoms with van der Waals surface area (Å²) in [5.74, 6) is 2.08. The van der Waals surface area contributed by atoms with Crippen molar-refractivity contribution in [1.29, 1.82) is 0 Å². The van der Waals surface area contributed by atoms with E-state index in [1.807, 2.05) is 29.6 Å². The Morgan fingerprint density at radius 2 is 2.14 bits per heavy atom. The first kappa shape index (κ1) is 19.5. The molecule has 4 rings (SSSR count). The molecule has 0 saturated carbocycles. The van der Waals surface area contributed by atoms with E-state index in [-0.39, 0.29) is 5.91 Å². The molecule has 0 bridgehead atoms. The highest BCUT2D eigenvalue weighted by Gasteiger charge is 2.16. The van der Waals surface area contributed by atoms with Crippen LogP contribution in [0.25, 0.3) is 10.7 Å². The maximum absolute atomic E-state index is 12.3. The van der Waals surface area contributed by atoms with Gasteiger partial charge in [0.2, 0.25) is 17.6 Å². The Bertz CT molecular complexity index is 922. The van der Waals surface area contributed by atoms with Gasteiger partial charge in [0.15, 0.2) is 0 Å². The molecule has 1 fully saturated rings. The van der Waals surface area contributed by atoms with Gasteiger partial charge in [0.05, 0.1) is 18.1 Å². The molecule has 0 radical (unpaired) electrons. The number of hydrogen-bond donors (Lipinski definition) is 1. The zero-order valence-corrected chi connectivity index (χ0v) is 16.9. The van der Waals surface area contributed by atoms with E-state index >= 15 is 0 Å². The van der Waals surface area contributed by atoms with Crippen LogP contribution in [0.5, 0.6) is 0 Å². The molecule has 0 aromatic carbocycles. The lowest BCUT2D eigenvalue weighted by molar-refractivity contribution is -0.121. The number of ether oxygens (including phenoxy) is 1. The standard InChI is InChI=1S/C20H23N5O3S/c26-17(6-1-7-18-23-19(24-28-18)16-5-3-13-29-16)22-14-15-4-2-8-21-20(15)25-9-11-27-12-10-25/h2-5,8,13H,1,6-7,9-12,14H2,(H,22,26). The van der Waals surface area contributed by atoms with Gasteiger partial charge < -0.3 is 19.5 Å². The lowest BCUT2D eigenvalue weighted by Crippen LogP contribution is -2.37. The van der Waals surface area contributed by atoms with Crippen LogP contribution in [0.3, 0.4) is 0 Å². The van der Waals surface area contributed by atoms with Crippen molar-refractivity contribution >= 4 is 23.1 Å². The Morgan fingerprint density at radius 1 is 1.24 bits per heavy atom. The predicted molar refractivity (Wildman–Crippen MR) is 110 cm³/mol. The first-order valence-electron chi connectivity index (χ1n) is 9.69. The molecule has 0 spiro atoms. The third kappa shape index (κ3) is 5.18. The van der Waals surface area contributed by atoms with E-state index < -0.39 is 0 Å². The largest absolute Gasteiger partial charge is 0.378 e. The number of thiophene rings is 1. The molecule has 4 heterocycles. The Hall–Kier alpha value is -2.78. The van der Waals surface area contributed by atoms with Gasteiger partial charge in [-0.15, -0.1) is 11.3 Å². The molecule has 0 unspecified atom stereocenters. The first-order valence-corrected chi connectivity index (χ1v) is 10.6. The fourth-order valence-corrected chi connectivity index (χ4v) is 3.82. The van der Waals surface area contributed by atoms with Crippen LogP contribution in [0.4, 0.5) is 5.82 Å². The molecule has 9 heteroatoms. The summed E-state index contributed by atoms with van der Waals surface area (Å²) in [7, 11) is 0. The molecular weight excluding hydrogens is 390 g/mol. The van der Waals surface area contributed by atoms with Gasteiger partial charge >= 0.3 is 0 Å². The van der Waals surface area contributed by atoms with Crippen molar-refractivity contribution in [2.45, 2.75) is 25.8 Å². The molecule has 0 aliphatic carbocycles. The fourth-order valence-electron chi connectivity index (χ4n) is 3.17. The van der Waals surface area contributed by atoms with Crippen LogP contribution in [-0.2, 0) is 22.5 Å². The minimum atomic E-state index is -0.000207. The maximum atomic E-state index is 12.3. The number of nitrogens with one attached hydrogen (secondary N) is 1. The van der Waals surface area contributed by atoms with Crippen LogP contribution < -0.4 is 10.2 Å². The molecule has 1 N–H and O–H groups in total. The van der Waals surface area contributed by atoms with Crippen molar-refractivity contribution in [2.75, 3.05) is 31.2 Å². The number of morpholine rings is 1. The van der Waals surface area contributed by atoms with E-state index in [4.69, 9.17) is 9.26 Å². The van der Waals surface area contributed by atoms with Crippen LogP contribution in [0.1, 0.15) is 24.3 Å². The van der Waals surface area contributed by atoms with E-state index in [2.05, 4.69) is 25.3 Å². The van der Waals surface area contributed by atoms with Gasteiger partial charge in [-0.3, -0.25) is 4.79 Å². The van der Waals surface area contributed by atoms with Crippen molar-refractivity contribution in [3.8, 4) is 10.7 Å². The lowest BCUT2D eigenvalue weighted by Gasteiger charge is -2.29. The number of carbonyl (C=O) groups excluding carboxylic acids is 1. The Balaban J connectivity index is 1.24. The van der Waals surface area contributed by atoms with Crippen molar-refractivity contribution in [2.24, 2.45) is 0 Å². The maximum Gasteiger partial charge on any atom is 0.226 e. The third-order valence-corrected chi connectivity index (χ3v) is 5.52. The second-order valence-electron chi connectivity index (χ2n) is 6.70. The Kier molecular flexibility index (Phi) is 6.48. The van der Waals surface area contributed by atoms with Crippen LogP contribution in [0.2, 0.25) is 0 Å². The number of nitrogens with zero attached hydrogens (tertiary/aromatic N) is 4. The smallest absolute Gasteiger partial charge is 0.226 e. The predicted octanol–water partition coefficient (Wildman–Crippen LogP) is 2.67. The van der Waals surface area contributed by atoms with E-state index in [0.717, 1.165) is 29.3 Å². The van der Waals surface area contributed by atoms with Gasteiger partial charge in [-0.05, 0) is 23.9 Å². The molecule has 29 heavy (non-hydrogen) atoms. The number of aromatic nitrogens is 3. The normalized spacial score (nSPS) is 14.1. The molecule has 152 valence electrons. The van der Waals surface area contributed by atoms with Crippen LogP contribution in [-0.4, -0.2) is 47.3 Å². The SMILES string of the molecule is O=C(CCCc1nc(-c2cccs2)no1)NCc1cccnc1N1CCOCC1. The summed E-state index contributed by atoms with van der Waals surface area (Å²) in [6.45, 7) is 3.49. The summed E-state index contributed by atoms with van der Waals surface area (Å²) in [4.78, 5) is 24.3. The van der Waals surface area contributed by atoms with Crippen LogP contribution in [0, 0.1) is 0 Å². The number of hydrogen-bond acceptors (Lipinski definition) is 8. The number of rotatable bonds is 8. The van der Waals surface area contributed by atoms with E-state index in [1.165, 1.54) is 0 Å². The Morgan fingerprint density at radius 3 is 2.97 bits per heavy atom. The highest BCUT2D eigenvalue weighted by Crippen LogP contribution is 2.22. The van der Waals surface area contributed by atoms with Gasteiger partial charge in [0, 0.05) is 44.2 Å². The van der Waals surface area contributed by atoms with Crippen molar-refractivity contribution in [3.05, 3.63) is 47.3 Å². The molecular formula is C20H23N5O3S. The topological polar surface area (TPSA) is 93.4 Å². The van der Waals surface area contributed by atoms with Gasteiger partial charge in [-0.1, -0.05) is 17.3 Å².